The SMILES string of the molecule is CCc1ccc(OCC(O)C(C)(C)C)c(C)c1. The molecule has 2 heteroatoms. The van der Waals surface area contributed by atoms with Gasteiger partial charge in [0.2, 0.25) is 0 Å². The zero-order valence-corrected chi connectivity index (χ0v) is 11.6. The zero-order valence-electron chi connectivity index (χ0n) is 11.6. The van der Waals surface area contributed by atoms with Gasteiger partial charge in [-0.1, -0.05) is 39.8 Å². The molecule has 0 fully saturated rings. The summed E-state index contributed by atoms with van der Waals surface area (Å²) in [7, 11) is 0. The maximum Gasteiger partial charge on any atom is 0.122 e. The predicted octanol–water partition coefficient (Wildman–Crippen LogP) is 3.34. The summed E-state index contributed by atoms with van der Waals surface area (Å²) >= 11 is 0. The lowest BCUT2D eigenvalue weighted by atomic mass is 9.90. The van der Waals surface area contributed by atoms with Crippen molar-refractivity contribution in [2.45, 2.75) is 47.1 Å². The number of hydrogen-bond acceptors (Lipinski definition) is 2. The molecule has 1 aromatic carbocycles. The Balaban J connectivity index is 2.64. The van der Waals surface area contributed by atoms with E-state index in [0.717, 1.165) is 17.7 Å². The van der Waals surface area contributed by atoms with Crippen molar-refractivity contribution >= 4 is 0 Å². The molecular weight excluding hydrogens is 212 g/mol. The molecule has 1 atom stereocenters. The van der Waals surface area contributed by atoms with E-state index in [1.54, 1.807) is 0 Å². The molecule has 1 aromatic rings. The van der Waals surface area contributed by atoms with Crippen LogP contribution in [-0.4, -0.2) is 17.8 Å². The van der Waals surface area contributed by atoms with Crippen molar-refractivity contribution in [3.05, 3.63) is 29.3 Å². The second-order valence-corrected chi connectivity index (χ2v) is 5.65. The lowest BCUT2D eigenvalue weighted by Crippen LogP contribution is -2.32. The van der Waals surface area contributed by atoms with E-state index < -0.39 is 6.10 Å². The van der Waals surface area contributed by atoms with Crippen LogP contribution < -0.4 is 4.74 Å². The van der Waals surface area contributed by atoms with Gasteiger partial charge in [0.15, 0.2) is 0 Å². The van der Waals surface area contributed by atoms with Crippen molar-refractivity contribution in [3.8, 4) is 5.75 Å². The third-order valence-electron chi connectivity index (χ3n) is 3.04. The number of aliphatic hydroxyl groups is 1. The van der Waals surface area contributed by atoms with Crippen LogP contribution in [0.4, 0.5) is 0 Å². The van der Waals surface area contributed by atoms with E-state index in [1.165, 1.54) is 5.56 Å². The van der Waals surface area contributed by atoms with E-state index in [4.69, 9.17) is 4.74 Å². The Labute approximate surface area is 105 Å². The average molecular weight is 236 g/mol. The summed E-state index contributed by atoms with van der Waals surface area (Å²) in [6, 6.07) is 6.20. The highest BCUT2D eigenvalue weighted by atomic mass is 16.5. The average Bonchev–Trinajstić information content (AvgIpc) is 2.25. The number of aryl methyl sites for hydroxylation is 2. The first-order chi connectivity index (χ1) is 7.84. The van der Waals surface area contributed by atoms with Crippen molar-refractivity contribution in [2.24, 2.45) is 5.41 Å². The van der Waals surface area contributed by atoms with Gasteiger partial charge in [0.1, 0.15) is 12.4 Å². The fourth-order valence-electron chi connectivity index (χ4n) is 1.51. The van der Waals surface area contributed by atoms with Gasteiger partial charge in [-0.3, -0.25) is 0 Å². The molecule has 0 spiro atoms. The van der Waals surface area contributed by atoms with Crippen LogP contribution in [0, 0.1) is 12.3 Å². The fraction of sp³-hybridized carbons (Fsp3) is 0.600. The monoisotopic (exact) mass is 236 g/mol. The smallest absolute Gasteiger partial charge is 0.122 e. The third kappa shape index (κ3) is 4.04. The van der Waals surface area contributed by atoms with E-state index in [0.29, 0.717) is 6.61 Å². The summed E-state index contributed by atoms with van der Waals surface area (Å²) in [6.07, 6.45) is 0.582. The highest BCUT2D eigenvalue weighted by molar-refractivity contribution is 5.36. The summed E-state index contributed by atoms with van der Waals surface area (Å²) in [5, 5.41) is 9.91. The van der Waals surface area contributed by atoms with Gasteiger partial charge in [-0.15, -0.1) is 0 Å². The van der Waals surface area contributed by atoms with Crippen LogP contribution in [0.25, 0.3) is 0 Å². The molecule has 0 heterocycles. The topological polar surface area (TPSA) is 29.5 Å². The highest BCUT2D eigenvalue weighted by Crippen LogP contribution is 2.23. The Morgan fingerprint density at radius 1 is 1.29 bits per heavy atom. The van der Waals surface area contributed by atoms with Crippen molar-refractivity contribution < 1.29 is 9.84 Å². The second kappa shape index (κ2) is 5.54. The molecule has 0 amide bonds. The van der Waals surface area contributed by atoms with Gasteiger partial charge in [-0.2, -0.15) is 0 Å². The van der Waals surface area contributed by atoms with E-state index in [-0.39, 0.29) is 5.41 Å². The van der Waals surface area contributed by atoms with Gasteiger partial charge in [-0.25, -0.2) is 0 Å². The molecule has 1 rings (SSSR count). The third-order valence-corrected chi connectivity index (χ3v) is 3.04. The van der Waals surface area contributed by atoms with Crippen LogP contribution >= 0.6 is 0 Å². The predicted molar refractivity (Wildman–Crippen MR) is 71.5 cm³/mol. The van der Waals surface area contributed by atoms with Crippen LogP contribution in [0.1, 0.15) is 38.8 Å². The molecule has 0 saturated carbocycles. The van der Waals surface area contributed by atoms with Gasteiger partial charge in [0.05, 0.1) is 6.10 Å². The van der Waals surface area contributed by atoms with E-state index in [1.807, 2.05) is 33.8 Å². The van der Waals surface area contributed by atoms with Crippen LogP contribution in [0.2, 0.25) is 0 Å². The molecule has 2 nitrogen and oxygen atoms in total. The van der Waals surface area contributed by atoms with Crippen molar-refractivity contribution in [1.29, 1.82) is 0 Å². The van der Waals surface area contributed by atoms with Crippen molar-refractivity contribution in [1.82, 2.24) is 0 Å². The Bertz CT molecular complexity index is 364. The molecule has 0 aromatic heterocycles. The van der Waals surface area contributed by atoms with Gasteiger partial charge >= 0.3 is 0 Å². The number of benzene rings is 1. The minimum absolute atomic E-state index is 0.142. The molecule has 1 N–H and O–H groups in total. The summed E-state index contributed by atoms with van der Waals surface area (Å²) in [5.74, 6) is 0.866. The largest absolute Gasteiger partial charge is 0.491 e. The second-order valence-electron chi connectivity index (χ2n) is 5.65. The van der Waals surface area contributed by atoms with Crippen LogP contribution in [0.5, 0.6) is 5.75 Å². The molecule has 17 heavy (non-hydrogen) atoms. The van der Waals surface area contributed by atoms with E-state index in [2.05, 4.69) is 19.1 Å². The molecule has 0 aliphatic heterocycles. The van der Waals surface area contributed by atoms with E-state index in [9.17, 15) is 5.11 Å². The molecule has 1 unspecified atom stereocenters. The Kier molecular flexibility index (Phi) is 4.58. The Hall–Kier alpha value is -1.02. The highest BCUT2D eigenvalue weighted by Gasteiger charge is 2.22. The number of aliphatic hydroxyl groups excluding tert-OH is 1. The summed E-state index contributed by atoms with van der Waals surface area (Å²) in [4.78, 5) is 0. The lowest BCUT2D eigenvalue weighted by molar-refractivity contribution is 0.0216. The summed E-state index contributed by atoms with van der Waals surface area (Å²) in [5.41, 5.74) is 2.30. The van der Waals surface area contributed by atoms with Gasteiger partial charge in [0, 0.05) is 0 Å². The Morgan fingerprint density at radius 3 is 2.41 bits per heavy atom. The normalized spacial score (nSPS) is 13.5. The quantitative estimate of drug-likeness (QED) is 0.868. The first kappa shape index (κ1) is 14.0. The van der Waals surface area contributed by atoms with Crippen LogP contribution in [0.3, 0.4) is 0 Å². The van der Waals surface area contributed by atoms with Crippen LogP contribution in [0.15, 0.2) is 18.2 Å². The van der Waals surface area contributed by atoms with Gasteiger partial charge in [-0.05, 0) is 36.0 Å². The lowest BCUT2D eigenvalue weighted by Gasteiger charge is -2.26. The zero-order chi connectivity index (χ0) is 13.1. The number of ether oxygens (including phenoxy) is 1. The minimum atomic E-state index is -0.451. The van der Waals surface area contributed by atoms with Crippen LogP contribution in [-0.2, 0) is 6.42 Å². The van der Waals surface area contributed by atoms with Gasteiger partial charge < -0.3 is 9.84 Å². The first-order valence-electron chi connectivity index (χ1n) is 6.25. The molecular formula is C15H24O2. The standard InChI is InChI=1S/C15H24O2/c1-6-12-7-8-13(11(2)9-12)17-10-14(16)15(3,4)5/h7-9,14,16H,6,10H2,1-5H3. The van der Waals surface area contributed by atoms with Crippen molar-refractivity contribution in [3.63, 3.8) is 0 Å². The number of rotatable bonds is 4. The van der Waals surface area contributed by atoms with Gasteiger partial charge in [0.25, 0.3) is 0 Å². The van der Waals surface area contributed by atoms with E-state index >= 15 is 0 Å². The molecule has 0 aliphatic rings. The summed E-state index contributed by atoms with van der Waals surface area (Å²) in [6.45, 7) is 10.5. The molecule has 0 saturated heterocycles. The number of hydrogen-bond donors (Lipinski definition) is 1. The maximum atomic E-state index is 9.91. The Morgan fingerprint density at radius 2 is 1.94 bits per heavy atom. The maximum absolute atomic E-state index is 9.91. The minimum Gasteiger partial charge on any atom is -0.491 e. The molecule has 0 radical (unpaired) electrons. The molecule has 0 bridgehead atoms. The molecule has 0 aliphatic carbocycles. The van der Waals surface area contributed by atoms with Crippen molar-refractivity contribution in [2.75, 3.05) is 6.61 Å². The first-order valence-corrected chi connectivity index (χ1v) is 6.25. The summed E-state index contributed by atoms with van der Waals surface area (Å²) < 4.78 is 5.67. The fourth-order valence-corrected chi connectivity index (χ4v) is 1.51. The molecule has 96 valence electrons.